The van der Waals surface area contributed by atoms with Gasteiger partial charge in [-0.25, -0.2) is 4.98 Å². The second-order valence-electron chi connectivity index (χ2n) is 7.08. The molecule has 0 fully saturated rings. The van der Waals surface area contributed by atoms with Crippen LogP contribution in [0.15, 0.2) is 79.4 Å². The second-order valence-corrected chi connectivity index (χ2v) is 7.08. The molecule has 4 aromatic rings. The highest BCUT2D eigenvalue weighted by atomic mass is 16.5. The van der Waals surface area contributed by atoms with Crippen LogP contribution in [-0.2, 0) is 6.42 Å². The quantitative estimate of drug-likeness (QED) is 0.411. The van der Waals surface area contributed by atoms with Crippen LogP contribution in [0.1, 0.15) is 27.2 Å². The summed E-state index contributed by atoms with van der Waals surface area (Å²) in [6.45, 7) is 3.96. The Kier molecular flexibility index (Phi) is 5.61. The summed E-state index contributed by atoms with van der Waals surface area (Å²) in [6.07, 6.45) is 7.04. The molecule has 0 bridgehead atoms. The molecule has 0 amide bonds. The van der Waals surface area contributed by atoms with Crippen LogP contribution in [-0.4, -0.2) is 20.7 Å². The van der Waals surface area contributed by atoms with Gasteiger partial charge in [-0.3, -0.25) is 14.8 Å². The predicted molar refractivity (Wildman–Crippen MR) is 116 cm³/mol. The molecule has 0 atom stereocenters. The molecule has 0 radical (unpaired) electrons. The molecule has 3 aromatic heterocycles. The van der Waals surface area contributed by atoms with Crippen molar-refractivity contribution < 1.29 is 9.53 Å². The molecule has 4 rings (SSSR count). The molecule has 0 aliphatic carbocycles. The van der Waals surface area contributed by atoms with Crippen molar-refractivity contribution in [2.45, 2.75) is 20.3 Å². The summed E-state index contributed by atoms with van der Waals surface area (Å²) in [4.78, 5) is 25.3. The van der Waals surface area contributed by atoms with E-state index in [0.717, 1.165) is 27.9 Å². The maximum absolute atomic E-state index is 12.6. The highest BCUT2D eigenvalue weighted by Crippen LogP contribution is 2.29. The summed E-state index contributed by atoms with van der Waals surface area (Å²) in [6, 6.07) is 17.2. The molecule has 0 N–H and O–H groups in total. The van der Waals surface area contributed by atoms with Crippen LogP contribution in [0.2, 0.25) is 0 Å². The molecule has 0 unspecified atom stereocenters. The van der Waals surface area contributed by atoms with Crippen LogP contribution in [0.5, 0.6) is 11.6 Å². The standard InChI is InChI=1S/C25H21N3O2/c1-17-6-9-21(30-25-5-3-4-11-27-25)14-22(17)19-7-8-20(28-15-19)13-24(29)23-16-26-12-10-18(23)2/h3-12,14-16H,13H2,1-2H3. The zero-order valence-corrected chi connectivity index (χ0v) is 16.9. The molecular formula is C25H21N3O2. The number of benzene rings is 1. The second kappa shape index (κ2) is 8.66. The Morgan fingerprint density at radius 3 is 2.53 bits per heavy atom. The SMILES string of the molecule is Cc1ccncc1C(=O)Cc1ccc(-c2cc(Oc3ccccn3)ccc2C)cn1. The lowest BCUT2D eigenvalue weighted by atomic mass is 10.0. The molecule has 5 nitrogen and oxygen atoms in total. The maximum Gasteiger partial charge on any atom is 0.219 e. The van der Waals surface area contributed by atoms with Gasteiger partial charge in [-0.05, 0) is 60.9 Å². The molecule has 3 heterocycles. The summed E-state index contributed by atoms with van der Waals surface area (Å²) >= 11 is 0. The van der Waals surface area contributed by atoms with E-state index in [-0.39, 0.29) is 12.2 Å². The van der Waals surface area contributed by atoms with Crippen molar-refractivity contribution in [3.05, 3.63) is 102 Å². The van der Waals surface area contributed by atoms with Crippen molar-refractivity contribution in [1.82, 2.24) is 15.0 Å². The fraction of sp³-hybridized carbons (Fsp3) is 0.120. The number of nitrogens with zero attached hydrogens (tertiary/aromatic N) is 3. The molecule has 148 valence electrons. The first-order valence-electron chi connectivity index (χ1n) is 9.69. The average molecular weight is 395 g/mol. The summed E-state index contributed by atoms with van der Waals surface area (Å²) < 4.78 is 5.85. The highest BCUT2D eigenvalue weighted by molar-refractivity contribution is 5.98. The number of hydrogen-bond donors (Lipinski definition) is 0. The lowest BCUT2D eigenvalue weighted by Crippen LogP contribution is -2.07. The monoisotopic (exact) mass is 395 g/mol. The largest absolute Gasteiger partial charge is 0.439 e. The minimum absolute atomic E-state index is 0.0165. The first-order chi connectivity index (χ1) is 14.6. The van der Waals surface area contributed by atoms with E-state index in [4.69, 9.17) is 4.74 Å². The number of rotatable bonds is 6. The number of carbonyl (C=O) groups excluding carboxylic acids is 1. The van der Waals surface area contributed by atoms with Gasteiger partial charge in [-0.2, -0.15) is 0 Å². The highest BCUT2D eigenvalue weighted by Gasteiger charge is 2.12. The fourth-order valence-electron chi connectivity index (χ4n) is 3.21. The lowest BCUT2D eigenvalue weighted by molar-refractivity contribution is 0.0991. The first-order valence-corrected chi connectivity index (χ1v) is 9.69. The number of ether oxygens (including phenoxy) is 1. The van der Waals surface area contributed by atoms with Gasteiger partial charge in [0.15, 0.2) is 5.78 Å². The van der Waals surface area contributed by atoms with E-state index in [9.17, 15) is 4.79 Å². The van der Waals surface area contributed by atoms with Crippen molar-refractivity contribution in [2.75, 3.05) is 0 Å². The Balaban J connectivity index is 1.53. The van der Waals surface area contributed by atoms with Gasteiger partial charge in [0.1, 0.15) is 5.75 Å². The Bertz CT molecular complexity index is 1170. The number of aromatic nitrogens is 3. The summed E-state index contributed by atoms with van der Waals surface area (Å²) in [5.74, 6) is 1.27. The van der Waals surface area contributed by atoms with E-state index in [0.29, 0.717) is 17.2 Å². The first kappa shape index (κ1) is 19.5. The number of hydrogen-bond acceptors (Lipinski definition) is 5. The number of ketones is 1. The van der Waals surface area contributed by atoms with Crippen LogP contribution in [0.25, 0.3) is 11.1 Å². The van der Waals surface area contributed by atoms with Crippen molar-refractivity contribution in [1.29, 1.82) is 0 Å². The Morgan fingerprint density at radius 2 is 1.80 bits per heavy atom. The molecule has 1 aromatic carbocycles. The van der Waals surface area contributed by atoms with Crippen molar-refractivity contribution in [3.8, 4) is 22.8 Å². The minimum atomic E-state index is 0.0165. The molecule has 0 aliphatic heterocycles. The van der Waals surface area contributed by atoms with Gasteiger partial charge in [-0.1, -0.05) is 18.2 Å². The van der Waals surface area contributed by atoms with E-state index >= 15 is 0 Å². The van der Waals surface area contributed by atoms with Gasteiger partial charge >= 0.3 is 0 Å². The van der Waals surface area contributed by atoms with Crippen molar-refractivity contribution in [2.24, 2.45) is 0 Å². The molecule has 0 spiro atoms. The van der Waals surface area contributed by atoms with Crippen LogP contribution >= 0.6 is 0 Å². The van der Waals surface area contributed by atoms with E-state index in [2.05, 4.69) is 15.0 Å². The zero-order valence-electron chi connectivity index (χ0n) is 16.9. The third kappa shape index (κ3) is 4.41. The predicted octanol–water partition coefficient (Wildman–Crippen LogP) is 5.37. The Labute approximate surface area is 175 Å². The Morgan fingerprint density at radius 1 is 0.900 bits per heavy atom. The topological polar surface area (TPSA) is 65.0 Å². The molecular weight excluding hydrogens is 374 g/mol. The van der Waals surface area contributed by atoms with Crippen LogP contribution in [0.4, 0.5) is 0 Å². The number of aryl methyl sites for hydroxylation is 2. The smallest absolute Gasteiger partial charge is 0.219 e. The van der Waals surface area contributed by atoms with E-state index in [1.807, 2.05) is 68.4 Å². The van der Waals surface area contributed by atoms with Gasteiger partial charge in [0.05, 0.1) is 6.42 Å². The number of Topliss-reactive ketones (excluding diaryl/α,β-unsaturated/α-hetero) is 1. The van der Waals surface area contributed by atoms with Gasteiger partial charge < -0.3 is 4.74 Å². The van der Waals surface area contributed by atoms with Crippen molar-refractivity contribution >= 4 is 5.78 Å². The summed E-state index contributed by atoms with van der Waals surface area (Å²) in [7, 11) is 0. The number of pyridine rings is 3. The van der Waals surface area contributed by atoms with Gasteiger partial charge in [-0.15, -0.1) is 0 Å². The number of carbonyl (C=O) groups is 1. The molecule has 0 saturated carbocycles. The summed E-state index contributed by atoms with van der Waals surface area (Å²) in [5.41, 5.74) is 5.39. The van der Waals surface area contributed by atoms with Crippen molar-refractivity contribution in [3.63, 3.8) is 0 Å². The van der Waals surface area contributed by atoms with E-state index in [1.165, 1.54) is 0 Å². The third-order valence-electron chi connectivity index (χ3n) is 4.89. The molecule has 0 saturated heterocycles. The van der Waals surface area contributed by atoms with Gasteiger partial charge in [0, 0.05) is 47.7 Å². The van der Waals surface area contributed by atoms with Gasteiger partial charge in [0.2, 0.25) is 5.88 Å². The third-order valence-corrected chi connectivity index (χ3v) is 4.89. The molecule has 5 heteroatoms. The maximum atomic E-state index is 12.6. The summed E-state index contributed by atoms with van der Waals surface area (Å²) in [5, 5.41) is 0. The van der Waals surface area contributed by atoms with E-state index in [1.54, 1.807) is 24.8 Å². The molecule has 30 heavy (non-hydrogen) atoms. The zero-order chi connectivity index (χ0) is 20.9. The Hall–Kier alpha value is -3.86. The normalized spacial score (nSPS) is 10.6. The molecule has 0 aliphatic rings. The van der Waals surface area contributed by atoms with Crippen LogP contribution < -0.4 is 4.74 Å². The lowest BCUT2D eigenvalue weighted by Gasteiger charge is -2.10. The van der Waals surface area contributed by atoms with Gasteiger partial charge in [0.25, 0.3) is 0 Å². The van der Waals surface area contributed by atoms with Crippen LogP contribution in [0.3, 0.4) is 0 Å². The van der Waals surface area contributed by atoms with Crippen LogP contribution in [0, 0.1) is 13.8 Å². The van der Waals surface area contributed by atoms with E-state index < -0.39 is 0 Å². The minimum Gasteiger partial charge on any atom is -0.439 e. The average Bonchev–Trinajstić information content (AvgIpc) is 2.77. The fourth-order valence-corrected chi connectivity index (χ4v) is 3.21.